The lowest BCUT2D eigenvalue weighted by molar-refractivity contribution is 0.443. The van der Waals surface area contributed by atoms with Gasteiger partial charge in [0.25, 0.3) is 0 Å². The van der Waals surface area contributed by atoms with Gasteiger partial charge in [-0.15, -0.1) is 0 Å². The van der Waals surface area contributed by atoms with Crippen LogP contribution in [-0.2, 0) is 19.9 Å². The first-order chi connectivity index (χ1) is 7.71. The topological polar surface area (TPSA) is 29.9 Å². The second-order valence-electron chi connectivity index (χ2n) is 4.52. The van der Waals surface area contributed by atoms with E-state index in [1.807, 2.05) is 11.7 Å². The summed E-state index contributed by atoms with van der Waals surface area (Å²) < 4.78 is 2.04. The maximum absolute atomic E-state index is 4.50. The Morgan fingerprint density at radius 1 is 1.44 bits per heavy atom. The highest BCUT2D eigenvalue weighted by atomic mass is 15.3. The first-order valence-corrected chi connectivity index (χ1v) is 6.37. The molecule has 1 rings (SSSR count). The van der Waals surface area contributed by atoms with Crippen molar-refractivity contribution < 1.29 is 0 Å². The molecule has 92 valence electrons. The van der Waals surface area contributed by atoms with E-state index < -0.39 is 0 Å². The van der Waals surface area contributed by atoms with E-state index in [0.29, 0.717) is 0 Å². The van der Waals surface area contributed by atoms with Crippen molar-refractivity contribution in [3.8, 4) is 0 Å². The zero-order valence-electron chi connectivity index (χ0n) is 11.1. The monoisotopic (exact) mass is 223 g/mol. The molecule has 3 nitrogen and oxygen atoms in total. The Kier molecular flexibility index (Phi) is 5.53. The molecule has 1 aromatic rings. The Morgan fingerprint density at radius 2 is 2.19 bits per heavy atom. The van der Waals surface area contributed by atoms with Crippen molar-refractivity contribution in [1.29, 1.82) is 0 Å². The van der Waals surface area contributed by atoms with Crippen LogP contribution in [0.4, 0.5) is 0 Å². The van der Waals surface area contributed by atoms with Gasteiger partial charge < -0.3 is 5.32 Å². The van der Waals surface area contributed by atoms with E-state index in [1.54, 1.807) is 0 Å². The first-order valence-electron chi connectivity index (χ1n) is 6.37. The second-order valence-corrected chi connectivity index (χ2v) is 4.52. The minimum Gasteiger partial charge on any atom is -0.319 e. The summed E-state index contributed by atoms with van der Waals surface area (Å²) >= 11 is 0. The highest BCUT2D eigenvalue weighted by molar-refractivity contribution is 5.10. The molecule has 0 aromatic carbocycles. The van der Waals surface area contributed by atoms with Crippen LogP contribution < -0.4 is 5.32 Å². The molecular weight excluding hydrogens is 198 g/mol. The van der Waals surface area contributed by atoms with E-state index in [1.165, 1.54) is 24.2 Å². The second kappa shape index (κ2) is 6.69. The van der Waals surface area contributed by atoms with Gasteiger partial charge in [0.05, 0.1) is 5.69 Å². The molecule has 16 heavy (non-hydrogen) atoms. The average molecular weight is 223 g/mol. The average Bonchev–Trinajstić information content (AvgIpc) is 2.60. The lowest BCUT2D eigenvalue weighted by Crippen LogP contribution is -2.21. The number of rotatable bonds is 7. The van der Waals surface area contributed by atoms with Gasteiger partial charge in [0.1, 0.15) is 0 Å². The van der Waals surface area contributed by atoms with E-state index in [0.717, 1.165) is 25.3 Å². The lowest BCUT2D eigenvalue weighted by atomic mass is 9.97. The van der Waals surface area contributed by atoms with E-state index in [2.05, 4.69) is 37.4 Å². The molecule has 0 saturated heterocycles. The third-order valence-corrected chi connectivity index (χ3v) is 3.08. The number of nitrogens with one attached hydrogen (secondary N) is 1. The molecule has 0 aliphatic rings. The van der Waals surface area contributed by atoms with Crippen molar-refractivity contribution in [3.05, 3.63) is 17.5 Å². The van der Waals surface area contributed by atoms with Gasteiger partial charge in [0.2, 0.25) is 0 Å². The molecule has 0 aliphatic carbocycles. The van der Waals surface area contributed by atoms with Crippen LogP contribution in [0.25, 0.3) is 0 Å². The summed E-state index contributed by atoms with van der Waals surface area (Å²) in [4.78, 5) is 0. The molecule has 0 amide bonds. The highest BCUT2D eigenvalue weighted by Gasteiger charge is 2.11. The van der Waals surface area contributed by atoms with E-state index in [9.17, 15) is 0 Å². The number of hydrogen-bond acceptors (Lipinski definition) is 2. The summed E-state index contributed by atoms with van der Waals surface area (Å²) in [6, 6.07) is 2.25. The molecule has 0 aliphatic heterocycles. The number of hydrogen-bond donors (Lipinski definition) is 1. The van der Waals surface area contributed by atoms with Crippen LogP contribution in [0.15, 0.2) is 6.07 Å². The van der Waals surface area contributed by atoms with Crippen molar-refractivity contribution in [2.24, 2.45) is 13.0 Å². The zero-order chi connectivity index (χ0) is 12.0. The molecule has 0 fully saturated rings. The summed E-state index contributed by atoms with van der Waals surface area (Å²) in [6.07, 6.45) is 4.70. The first kappa shape index (κ1) is 13.2. The van der Waals surface area contributed by atoms with Crippen LogP contribution in [-0.4, -0.2) is 23.4 Å². The lowest BCUT2D eigenvalue weighted by Gasteiger charge is -2.15. The minimum absolute atomic E-state index is 0.732. The van der Waals surface area contributed by atoms with E-state index >= 15 is 0 Å². The van der Waals surface area contributed by atoms with Crippen molar-refractivity contribution in [2.45, 2.75) is 39.5 Å². The van der Waals surface area contributed by atoms with Crippen LogP contribution in [0.3, 0.4) is 0 Å². The Bertz CT molecular complexity index is 298. The van der Waals surface area contributed by atoms with Gasteiger partial charge in [-0.25, -0.2) is 0 Å². The van der Waals surface area contributed by atoms with Crippen LogP contribution in [0, 0.1) is 5.92 Å². The van der Waals surface area contributed by atoms with Gasteiger partial charge in [-0.05, 0) is 44.8 Å². The van der Waals surface area contributed by atoms with Crippen LogP contribution in [0.1, 0.15) is 38.1 Å². The summed E-state index contributed by atoms with van der Waals surface area (Å²) in [5, 5.41) is 7.78. The molecule has 3 heteroatoms. The van der Waals surface area contributed by atoms with Gasteiger partial charge >= 0.3 is 0 Å². The van der Waals surface area contributed by atoms with E-state index in [4.69, 9.17) is 0 Å². The number of aryl methyl sites for hydroxylation is 2. The molecule has 1 N–H and O–H groups in total. The van der Waals surface area contributed by atoms with Crippen molar-refractivity contribution in [2.75, 3.05) is 13.6 Å². The van der Waals surface area contributed by atoms with Gasteiger partial charge in [-0.2, -0.15) is 5.10 Å². The maximum Gasteiger partial charge on any atom is 0.0624 e. The third kappa shape index (κ3) is 3.63. The van der Waals surface area contributed by atoms with Gasteiger partial charge in [-0.1, -0.05) is 20.3 Å². The summed E-state index contributed by atoms with van der Waals surface area (Å²) in [5.41, 5.74) is 2.57. The molecular formula is C13H25N3. The SMILES string of the molecule is CCCC(CNC)Cc1cc(CC)nn1C. The van der Waals surface area contributed by atoms with Crippen LogP contribution in [0.2, 0.25) is 0 Å². The fourth-order valence-electron chi connectivity index (χ4n) is 2.20. The van der Waals surface area contributed by atoms with Crippen LogP contribution >= 0.6 is 0 Å². The van der Waals surface area contributed by atoms with Gasteiger partial charge in [0.15, 0.2) is 0 Å². The number of aromatic nitrogens is 2. The minimum atomic E-state index is 0.732. The Labute approximate surface area is 99.2 Å². The van der Waals surface area contributed by atoms with Gasteiger partial charge in [-0.3, -0.25) is 4.68 Å². The normalized spacial score (nSPS) is 13.0. The molecule has 0 radical (unpaired) electrons. The highest BCUT2D eigenvalue weighted by Crippen LogP contribution is 2.14. The Balaban J connectivity index is 2.64. The van der Waals surface area contributed by atoms with Crippen molar-refractivity contribution in [1.82, 2.24) is 15.1 Å². The number of nitrogens with zero attached hydrogens (tertiary/aromatic N) is 2. The summed E-state index contributed by atoms with van der Waals surface area (Å²) in [5.74, 6) is 0.732. The maximum atomic E-state index is 4.50. The fraction of sp³-hybridized carbons (Fsp3) is 0.769. The standard InChI is InChI=1S/C13H25N3/c1-5-7-11(10-14-3)8-13-9-12(6-2)15-16(13)4/h9,11,14H,5-8,10H2,1-4H3. The summed E-state index contributed by atoms with van der Waals surface area (Å²) in [7, 11) is 4.08. The predicted octanol–water partition coefficient (Wildman–Crippen LogP) is 2.16. The molecule has 0 spiro atoms. The Hall–Kier alpha value is -0.830. The Morgan fingerprint density at radius 3 is 2.69 bits per heavy atom. The molecule has 1 aromatic heterocycles. The van der Waals surface area contributed by atoms with E-state index in [-0.39, 0.29) is 0 Å². The van der Waals surface area contributed by atoms with Crippen molar-refractivity contribution >= 4 is 0 Å². The molecule has 1 unspecified atom stereocenters. The third-order valence-electron chi connectivity index (χ3n) is 3.08. The molecule has 1 heterocycles. The smallest absolute Gasteiger partial charge is 0.0624 e. The zero-order valence-corrected chi connectivity index (χ0v) is 11.1. The molecule has 0 saturated carbocycles. The van der Waals surface area contributed by atoms with Crippen LogP contribution in [0.5, 0.6) is 0 Å². The van der Waals surface area contributed by atoms with Gasteiger partial charge in [0, 0.05) is 12.7 Å². The molecule has 0 bridgehead atoms. The molecule has 1 atom stereocenters. The largest absolute Gasteiger partial charge is 0.319 e. The summed E-state index contributed by atoms with van der Waals surface area (Å²) in [6.45, 7) is 5.51. The van der Waals surface area contributed by atoms with Crippen molar-refractivity contribution in [3.63, 3.8) is 0 Å². The quantitative estimate of drug-likeness (QED) is 0.767. The fourth-order valence-corrected chi connectivity index (χ4v) is 2.20. The predicted molar refractivity (Wildman–Crippen MR) is 68.6 cm³/mol.